The van der Waals surface area contributed by atoms with Crippen LogP contribution in [0.2, 0.25) is 0 Å². The van der Waals surface area contributed by atoms with Gasteiger partial charge in [0, 0.05) is 18.3 Å². The van der Waals surface area contributed by atoms with Crippen molar-refractivity contribution < 1.29 is 23.6 Å². The second-order valence-electron chi connectivity index (χ2n) is 5.07. The van der Waals surface area contributed by atoms with E-state index >= 15 is 0 Å². The summed E-state index contributed by atoms with van der Waals surface area (Å²) in [5, 5.41) is 8.70. The van der Waals surface area contributed by atoms with Gasteiger partial charge in [0.2, 0.25) is 0 Å². The lowest BCUT2D eigenvalue weighted by Gasteiger charge is -2.12. The average molecular weight is 359 g/mol. The van der Waals surface area contributed by atoms with Crippen molar-refractivity contribution in [3.8, 4) is 0 Å². The first-order valence-corrected chi connectivity index (χ1v) is 7.66. The Kier molecular flexibility index (Phi) is 6.67. The van der Waals surface area contributed by atoms with Crippen molar-refractivity contribution in [3.05, 3.63) is 65.5 Å². The number of likely N-dealkylation sites (N-methyl/N-ethyl adjacent to an activating group) is 1. The summed E-state index contributed by atoms with van der Waals surface area (Å²) in [6.07, 6.45) is -0.711. The van der Waals surface area contributed by atoms with Crippen LogP contribution in [0.4, 0.5) is 14.9 Å². The van der Waals surface area contributed by atoms with Crippen LogP contribution in [0.25, 0.3) is 0 Å². The number of carbonyl (C=O) groups is 2. The zero-order valence-corrected chi connectivity index (χ0v) is 14.3. The molecule has 0 heterocycles. The molecule has 2 rings (SSSR count). The van der Waals surface area contributed by atoms with E-state index in [4.69, 9.17) is 9.57 Å². The number of benzene rings is 2. The molecule has 0 spiro atoms. The quantitative estimate of drug-likeness (QED) is 0.613. The largest absolute Gasteiger partial charge is 0.444 e. The molecule has 136 valence electrons. The number of anilines is 1. The molecular weight excluding hydrogens is 341 g/mol. The van der Waals surface area contributed by atoms with E-state index in [2.05, 4.69) is 15.8 Å². The van der Waals surface area contributed by atoms with Gasteiger partial charge in [-0.25, -0.2) is 9.18 Å². The fourth-order valence-electron chi connectivity index (χ4n) is 2.13. The highest BCUT2D eigenvalue weighted by molar-refractivity contribution is 6.45. The van der Waals surface area contributed by atoms with Gasteiger partial charge in [-0.05, 0) is 29.8 Å². The second kappa shape index (κ2) is 9.16. The summed E-state index contributed by atoms with van der Waals surface area (Å²) < 4.78 is 18.0. The molecule has 8 heteroatoms. The first-order valence-electron chi connectivity index (χ1n) is 7.66. The molecule has 2 aromatic carbocycles. The van der Waals surface area contributed by atoms with Gasteiger partial charge in [-0.2, -0.15) is 0 Å². The Morgan fingerprint density at radius 1 is 1.12 bits per heavy atom. The van der Waals surface area contributed by atoms with E-state index in [1.807, 2.05) is 0 Å². The van der Waals surface area contributed by atoms with Gasteiger partial charge in [0.15, 0.2) is 5.71 Å². The zero-order chi connectivity index (χ0) is 18.9. The van der Waals surface area contributed by atoms with Gasteiger partial charge in [0.1, 0.15) is 19.5 Å². The lowest BCUT2D eigenvalue weighted by atomic mass is 10.0. The summed E-state index contributed by atoms with van der Waals surface area (Å²) in [4.78, 5) is 28.6. The third kappa shape index (κ3) is 5.04. The highest BCUT2D eigenvalue weighted by atomic mass is 19.1. The number of nitrogens with zero attached hydrogens (tertiary/aromatic N) is 1. The summed E-state index contributed by atoms with van der Waals surface area (Å²) >= 11 is 0. The molecule has 0 saturated heterocycles. The number of hydrogen-bond acceptors (Lipinski definition) is 5. The molecule has 0 aromatic heterocycles. The maximum Gasteiger partial charge on any atom is 0.411 e. The summed E-state index contributed by atoms with van der Waals surface area (Å²) in [6, 6.07) is 12.1. The summed E-state index contributed by atoms with van der Waals surface area (Å²) in [7, 11) is 2.81. The van der Waals surface area contributed by atoms with E-state index in [9.17, 15) is 14.0 Å². The van der Waals surface area contributed by atoms with Gasteiger partial charge >= 0.3 is 6.09 Å². The van der Waals surface area contributed by atoms with Crippen LogP contribution in [0.15, 0.2) is 53.7 Å². The monoisotopic (exact) mass is 359 g/mol. The molecule has 26 heavy (non-hydrogen) atoms. The molecule has 0 aliphatic heterocycles. The molecule has 0 aliphatic rings. The Morgan fingerprint density at radius 2 is 1.81 bits per heavy atom. The third-order valence-corrected chi connectivity index (χ3v) is 3.35. The number of ether oxygens (including phenoxy) is 1. The van der Waals surface area contributed by atoms with E-state index in [0.29, 0.717) is 16.8 Å². The molecule has 2 N–H and O–H groups in total. The predicted molar refractivity (Wildman–Crippen MR) is 94.3 cm³/mol. The molecule has 0 aliphatic carbocycles. The maximum atomic E-state index is 12.9. The summed E-state index contributed by atoms with van der Waals surface area (Å²) in [6.45, 7) is -0.0943. The average Bonchev–Trinajstić information content (AvgIpc) is 2.66. The van der Waals surface area contributed by atoms with Crippen LogP contribution in [0, 0.1) is 5.82 Å². The van der Waals surface area contributed by atoms with Crippen LogP contribution in [0.1, 0.15) is 11.1 Å². The number of halogens is 1. The van der Waals surface area contributed by atoms with Crippen molar-refractivity contribution in [3.63, 3.8) is 0 Å². The number of carbonyl (C=O) groups excluding carboxylic acids is 2. The van der Waals surface area contributed by atoms with E-state index in [1.165, 1.54) is 38.4 Å². The molecule has 0 saturated carbocycles. The van der Waals surface area contributed by atoms with Crippen molar-refractivity contribution in [2.75, 3.05) is 19.5 Å². The minimum absolute atomic E-state index is 0.0631. The van der Waals surface area contributed by atoms with Crippen molar-refractivity contribution in [2.45, 2.75) is 6.61 Å². The normalized spacial score (nSPS) is 10.8. The van der Waals surface area contributed by atoms with Gasteiger partial charge in [-0.15, -0.1) is 0 Å². The van der Waals surface area contributed by atoms with Crippen molar-refractivity contribution in [1.82, 2.24) is 5.32 Å². The van der Waals surface area contributed by atoms with Crippen molar-refractivity contribution in [2.24, 2.45) is 5.16 Å². The minimum Gasteiger partial charge on any atom is -0.444 e. The van der Waals surface area contributed by atoms with Crippen molar-refractivity contribution >= 4 is 23.4 Å². The van der Waals surface area contributed by atoms with Gasteiger partial charge in [-0.3, -0.25) is 10.1 Å². The van der Waals surface area contributed by atoms with Gasteiger partial charge in [0.25, 0.3) is 5.91 Å². The van der Waals surface area contributed by atoms with Gasteiger partial charge in [-0.1, -0.05) is 29.4 Å². The Balaban J connectivity index is 2.10. The smallest absolute Gasteiger partial charge is 0.411 e. The number of amides is 2. The Labute approximate surface area is 149 Å². The van der Waals surface area contributed by atoms with Gasteiger partial charge in [0.05, 0.1) is 0 Å². The van der Waals surface area contributed by atoms with E-state index in [0.717, 1.165) is 0 Å². The van der Waals surface area contributed by atoms with E-state index < -0.39 is 17.8 Å². The minimum atomic E-state index is -0.711. The molecule has 0 unspecified atom stereocenters. The SMILES string of the molecule is CNC(=O)C(=NOC)c1ccccc1COC(=O)Nc1ccc(F)cc1. The lowest BCUT2D eigenvalue weighted by Crippen LogP contribution is -2.29. The molecule has 2 aromatic rings. The standard InChI is InChI=1S/C18H18FN3O4/c1-20-17(23)16(22-25-2)15-6-4-3-5-12(15)11-26-18(24)21-14-9-7-13(19)8-10-14/h3-10H,11H2,1-2H3,(H,20,23)(H,21,24). The third-order valence-electron chi connectivity index (χ3n) is 3.35. The van der Waals surface area contributed by atoms with Crippen LogP contribution in [0.5, 0.6) is 0 Å². The Morgan fingerprint density at radius 3 is 2.46 bits per heavy atom. The molecular formula is C18H18FN3O4. The molecule has 0 bridgehead atoms. The molecule has 0 radical (unpaired) electrons. The van der Waals surface area contributed by atoms with Crippen LogP contribution in [0.3, 0.4) is 0 Å². The van der Waals surface area contributed by atoms with Gasteiger partial charge < -0.3 is 14.9 Å². The fourth-order valence-corrected chi connectivity index (χ4v) is 2.13. The van der Waals surface area contributed by atoms with Crippen LogP contribution >= 0.6 is 0 Å². The maximum absolute atomic E-state index is 12.9. The topological polar surface area (TPSA) is 89.0 Å². The van der Waals surface area contributed by atoms with Crippen LogP contribution in [-0.2, 0) is 21.0 Å². The van der Waals surface area contributed by atoms with E-state index in [1.54, 1.807) is 24.3 Å². The first kappa shape index (κ1) is 18.9. The molecule has 7 nitrogen and oxygen atoms in total. The van der Waals surface area contributed by atoms with E-state index in [-0.39, 0.29) is 12.3 Å². The number of hydrogen-bond donors (Lipinski definition) is 2. The fraction of sp³-hybridized carbons (Fsp3) is 0.167. The summed E-state index contributed by atoms with van der Waals surface area (Å²) in [5.74, 6) is -0.841. The molecule has 2 amide bonds. The number of rotatable bonds is 6. The molecule has 0 fully saturated rings. The number of nitrogens with one attached hydrogen (secondary N) is 2. The van der Waals surface area contributed by atoms with Crippen LogP contribution < -0.4 is 10.6 Å². The Hall–Kier alpha value is -3.42. The second-order valence-corrected chi connectivity index (χ2v) is 5.07. The molecule has 0 atom stereocenters. The Bertz CT molecular complexity index is 806. The number of oxime groups is 1. The van der Waals surface area contributed by atoms with Crippen molar-refractivity contribution in [1.29, 1.82) is 0 Å². The predicted octanol–water partition coefficient (Wildman–Crippen LogP) is 2.67. The highest BCUT2D eigenvalue weighted by Crippen LogP contribution is 2.14. The summed E-state index contributed by atoms with van der Waals surface area (Å²) in [5.41, 5.74) is 1.51. The zero-order valence-electron chi connectivity index (χ0n) is 14.3. The lowest BCUT2D eigenvalue weighted by molar-refractivity contribution is -0.114. The van der Waals surface area contributed by atoms with Crippen LogP contribution in [-0.4, -0.2) is 31.9 Å². The first-order chi connectivity index (χ1) is 12.5. The highest BCUT2D eigenvalue weighted by Gasteiger charge is 2.18.